The number of nitro groups is 1. The maximum Gasteiger partial charge on any atom is 0.320 e. The van der Waals surface area contributed by atoms with Gasteiger partial charge in [0.1, 0.15) is 5.41 Å². The SMILES string of the molecule is C=CC[C@@]1(C(=O)OC)CCc2ccc([N+](=O)[O-])cc2C1=O. The lowest BCUT2D eigenvalue weighted by Gasteiger charge is -2.33. The van der Waals surface area contributed by atoms with Crippen LogP contribution in [0.25, 0.3) is 0 Å². The van der Waals surface area contributed by atoms with Crippen molar-refractivity contribution >= 4 is 17.4 Å². The largest absolute Gasteiger partial charge is 0.468 e. The van der Waals surface area contributed by atoms with Crippen molar-refractivity contribution in [2.24, 2.45) is 5.41 Å². The predicted molar refractivity (Wildman–Crippen MR) is 75.0 cm³/mol. The Bertz CT molecular complexity index is 637. The van der Waals surface area contributed by atoms with Crippen LogP contribution < -0.4 is 0 Å². The highest BCUT2D eigenvalue weighted by Gasteiger charge is 2.49. The lowest BCUT2D eigenvalue weighted by atomic mass is 9.68. The molecule has 1 atom stereocenters. The van der Waals surface area contributed by atoms with E-state index in [1.54, 1.807) is 6.07 Å². The van der Waals surface area contributed by atoms with Crippen LogP contribution in [0.1, 0.15) is 28.8 Å². The van der Waals surface area contributed by atoms with Crippen molar-refractivity contribution in [1.29, 1.82) is 0 Å². The lowest BCUT2D eigenvalue weighted by molar-refractivity contribution is -0.384. The molecule has 1 aliphatic rings. The van der Waals surface area contributed by atoms with Crippen LogP contribution >= 0.6 is 0 Å². The highest BCUT2D eigenvalue weighted by atomic mass is 16.6. The molecule has 0 amide bonds. The third kappa shape index (κ3) is 2.33. The minimum atomic E-state index is -1.32. The topological polar surface area (TPSA) is 86.5 Å². The number of nitro benzene ring substituents is 1. The van der Waals surface area contributed by atoms with E-state index in [-0.39, 0.29) is 17.7 Å². The van der Waals surface area contributed by atoms with Crippen molar-refractivity contribution in [2.45, 2.75) is 19.3 Å². The molecule has 0 N–H and O–H groups in total. The summed E-state index contributed by atoms with van der Waals surface area (Å²) in [6, 6.07) is 4.17. The van der Waals surface area contributed by atoms with Crippen LogP contribution in [-0.4, -0.2) is 23.8 Å². The molecule has 0 spiro atoms. The van der Waals surface area contributed by atoms with Gasteiger partial charge in [0.05, 0.1) is 12.0 Å². The summed E-state index contributed by atoms with van der Waals surface area (Å²) in [5, 5.41) is 10.9. The van der Waals surface area contributed by atoms with Crippen LogP contribution in [0, 0.1) is 15.5 Å². The maximum absolute atomic E-state index is 12.7. The van der Waals surface area contributed by atoms with Gasteiger partial charge in [-0.1, -0.05) is 12.1 Å². The Morgan fingerprint density at radius 3 is 2.86 bits per heavy atom. The normalized spacial score (nSPS) is 20.5. The van der Waals surface area contributed by atoms with Gasteiger partial charge in [-0.25, -0.2) is 0 Å². The monoisotopic (exact) mass is 289 g/mol. The fourth-order valence-corrected chi connectivity index (χ4v) is 2.74. The second-order valence-corrected chi connectivity index (χ2v) is 4.99. The van der Waals surface area contributed by atoms with Crippen molar-refractivity contribution < 1.29 is 19.2 Å². The number of benzene rings is 1. The number of ketones is 1. The first-order valence-electron chi connectivity index (χ1n) is 6.47. The number of nitrogens with zero attached hydrogens (tertiary/aromatic N) is 1. The van der Waals surface area contributed by atoms with E-state index in [1.807, 2.05) is 0 Å². The Morgan fingerprint density at radius 2 is 2.29 bits per heavy atom. The third-order valence-corrected chi connectivity index (χ3v) is 3.87. The Kier molecular flexibility index (Phi) is 3.88. The summed E-state index contributed by atoms with van der Waals surface area (Å²) in [6.45, 7) is 3.58. The second kappa shape index (κ2) is 5.47. The number of aryl methyl sites for hydroxylation is 1. The van der Waals surface area contributed by atoms with Gasteiger partial charge in [0, 0.05) is 17.7 Å². The summed E-state index contributed by atoms with van der Waals surface area (Å²) in [5.41, 5.74) is -0.545. The molecule has 6 nitrogen and oxygen atoms in total. The highest BCUT2D eigenvalue weighted by Crippen LogP contribution is 2.40. The third-order valence-electron chi connectivity index (χ3n) is 3.87. The van der Waals surface area contributed by atoms with Gasteiger partial charge in [0.25, 0.3) is 5.69 Å². The van der Waals surface area contributed by atoms with E-state index in [0.717, 1.165) is 0 Å². The van der Waals surface area contributed by atoms with Crippen LogP contribution in [0.5, 0.6) is 0 Å². The van der Waals surface area contributed by atoms with Crippen molar-refractivity contribution in [3.05, 3.63) is 52.1 Å². The number of ether oxygens (including phenoxy) is 1. The number of hydrogen-bond donors (Lipinski definition) is 0. The van der Waals surface area contributed by atoms with Gasteiger partial charge in [-0.15, -0.1) is 6.58 Å². The fraction of sp³-hybridized carbons (Fsp3) is 0.333. The number of hydrogen-bond acceptors (Lipinski definition) is 5. The van der Waals surface area contributed by atoms with E-state index in [4.69, 9.17) is 4.74 Å². The van der Waals surface area contributed by atoms with Crippen molar-refractivity contribution in [3.8, 4) is 0 Å². The molecule has 2 rings (SSSR count). The second-order valence-electron chi connectivity index (χ2n) is 4.99. The molecule has 0 fully saturated rings. The zero-order chi connectivity index (χ0) is 15.6. The van der Waals surface area contributed by atoms with Crippen LogP contribution in [-0.2, 0) is 16.0 Å². The molecule has 0 radical (unpaired) electrons. The first kappa shape index (κ1) is 14.9. The van der Waals surface area contributed by atoms with Gasteiger partial charge in [-0.3, -0.25) is 19.7 Å². The van der Waals surface area contributed by atoms with Gasteiger partial charge >= 0.3 is 5.97 Å². The number of allylic oxidation sites excluding steroid dienone is 1. The molecule has 1 aromatic rings. The summed E-state index contributed by atoms with van der Waals surface area (Å²) in [6.07, 6.45) is 2.45. The van der Waals surface area contributed by atoms with Crippen LogP contribution in [0.4, 0.5) is 5.69 Å². The van der Waals surface area contributed by atoms with E-state index in [2.05, 4.69) is 6.58 Å². The quantitative estimate of drug-likeness (QED) is 0.279. The minimum absolute atomic E-state index is 0.153. The first-order valence-corrected chi connectivity index (χ1v) is 6.47. The van der Waals surface area contributed by atoms with E-state index in [0.29, 0.717) is 18.4 Å². The van der Waals surface area contributed by atoms with Crippen molar-refractivity contribution in [3.63, 3.8) is 0 Å². The summed E-state index contributed by atoms with van der Waals surface area (Å²) in [5.74, 6) is -1.05. The average molecular weight is 289 g/mol. The van der Waals surface area contributed by atoms with Gasteiger partial charge < -0.3 is 4.74 Å². The molecule has 0 unspecified atom stereocenters. The molecule has 0 aromatic heterocycles. The zero-order valence-corrected chi connectivity index (χ0v) is 11.6. The summed E-state index contributed by atoms with van der Waals surface area (Å²) >= 11 is 0. The number of Topliss-reactive ketones (excluding diaryl/α,β-unsaturated/α-hetero) is 1. The van der Waals surface area contributed by atoms with Gasteiger partial charge in [0.15, 0.2) is 5.78 Å². The molecule has 6 heteroatoms. The molecule has 110 valence electrons. The lowest BCUT2D eigenvalue weighted by Crippen LogP contribution is -2.43. The number of carbonyl (C=O) groups excluding carboxylic acids is 2. The van der Waals surface area contributed by atoms with Crippen molar-refractivity contribution in [2.75, 3.05) is 7.11 Å². The van der Waals surface area contributed by atoms with Crippen LogP contribution in [0.3, 0.4) is 0 Å². The number of methoxy groups -OCH3 is 1. The number of carbonyl (C=O) groups is 2. The molecule has 0 saturated heterocycles. The number of rotatable bonds is 4. The van der Waals surface area contributed by atoms with Crippen molar-refractivity contribution in [1.82, 2.24) is 0 Å². The van der Waals surface area contributed by atoms with Gasteiger partial charge in [-0.05, 0) is 24.8 Å². The average Bonchev–Trinajstić information content (AvgIpc) is 2.49. The standard InChI is InChI=1S/C15H15NO5/c1-3-7-15(14(18)21-2)8-6-10-4-5-11(16(19)20)9-12(10)13(15)17/h3-5,9H,1,6-8H2,2H3/t15-/m1/s1. The fourth-order valence-electron chi connectivity index (χ4n) is 2.74. The molecule has 0 bridgehead atoms. The van der Waals surface area contributed by atoms with E-state index in [1.165, 1.54) is 25.3 Å². The Balaban J connectivity index is 2.55. The number of esters is 1. The number of non-ortho nitro benzene ring substituents is 1. The Hall–Kier alpha value is -2.50. The molecule has 21 heavy (non-hydrogen) atoms. The summed E-state index contributed by atoms with van der Waals surface area (Å²) < 4.78 is 4.77. The summed E-state index contributed by atoms with van der Waals surface area (Å²) in [7, 11) is 1.23. The van der Waals surface area contributed by atoms with Crippen LogP contribution in [0.15, 0.2) is 30.9 Å². The Labute approximate surface area is 121 Å². The Morgan fingerprint density at radius 1 is 1.57 bits per heavy atom. The van der Waals surface area contributed by atoms with E-state index < -0.39 is 22.1 Å². The van der Waals surface area contributed by atoms with Gasteiger partial charge in [-0.2, -0.15) is 0 Å². The predicted octanol–water partition coefficient (Wildman–Crippen LogP) is 2.46. The number of fused-ring (bicyclic) bond motifs is 1. The molecule has 1 aliphatic carbocycles. The van der Waals surface area contributed by atoms with Crippen LogP contribution in [0.2, 0.25) is 0 Å². The van der Waals surface area contributed by atoms with Gasteiger partial charge in [0.2, 0.25) is 0 Å². The molecule has 1 aromatic carbocycles. The van der Waals surface area contributed by atoms with E-state index in [9.17, 15) is 19.7 Å². The molecular weight excluding hydrogens is 274 g/mol. The smallest absolute Gasteiger partial charge is 0.320 e. The highest BCUT2D eigenvalue weighted by molar-refractivity contribution is 6.14. The van der Waals surface area contributed by atoms with E-state index >= 15 is 0 Å². The summed E-state index contributed by atoms with van der Waals surface area (Å²) in [4.78, 5) is 35.1. The molecule has 0 saturated carbocycles. The maximum atomic E-state index is 12.7. The molecule has 0 heterocycles. The zero-order valence-electron chi connectivity index (χ0n) is 11.6. The molecule has 0 aliphatic heterocycles. The minimum Gasteiger partial charge on any atom is -0.468 e. The first-order chi connectivity index (χ1) is 9.96. The molecular formula is C15H15NO5.